The maximum Gasteiger partial charge on any atom is 0.226 e. The highest BCUT2D eigenvalue weighted by Crippen LogP contribution is 2.20. The number of hydrogen-bond acceptors (Lipinski definition) is 5. The molecule has 1 amide bonds. The van der Waals surface area contributed by atoms with Gasteiger partial charge in [0.1, 0.15) is 5.75 Å². The molecular formula is C19H19N3O2S. The lowest BCUT2D eigenvalue weighted by atomic mass is 10.2. The lowest BCUT2D eigenvalue weighted by Gasteiger charge is -2.05. The summed E-state index contributed by atoms with van der Waals surface area (Å²) < 4.78 is 5.12. The first-order valence-corrected chi connectivity index (χ1v) is 8.77. The zero-order chi connectivity index (χ0) is 17.5. The van der Waals surface area contributed by atoms with Gasteiger partial charge >= 0.3 is 0 Å². The Labute approximate surface area is 150 Å². The van der Waals surface area contributed by atoms with Crippen LogP contribution in [0.15, 0.2) is 60.0 Å². The van der Waals surface area contributed by atoms with E-state index >= 15 is 0 Å². The highest BCUT2D eigenvalue weighted by molar-refractivity contribution is 7.13. The Balaban J connectivity index is 1.49. The summed E-state index contributed by atoms with van der Waals surface area (Å²) >= 11 is 1.49. The van der Waals surface area contributed by atoms with Crippen LogP contribution in [0.1, 0.15) is 11.3 Å². The first kappa shape index (κ1) is 17.0. The third kappa shape index (κ3) is 5.06. The SMILES string of the molecule is COc1ccc(CNC(=O)Cc2csc(Nc3ccccc3)n2)cc1. The van der Waals surface area contributed by atoms with Crippen molar-refractivity contribution in [3.8, 4) is 5.75 Å². The molecule has 6 heteroatoms. The van der Waals surface area contributed by atoms with E-state index in [4.69, 9.17) is 4.74 Å². The van der Waals surface area contributed by atoms with Gasteiger partial charge in [-0.1, -0.05) is 30.3 Å². The minimum atomic E-state index is -0.0487. The molecule has 128 valence electrons. The standard InChI is InChI=1S/C19H19N3O2S/c1-24-17-9-7-14(8-10-17)12-20-18(23)11-16-13-25-19(22-16)21-15-5-3-2-4-6-15/h2-10,13H,11-12H2,1H3,(H,20,23)(H,21,22). The van der Waals surface area contributed by atoms with E-state index in [-0.39, 0.29) is 12.3 Å². The molecule has 0 spiro atoms. The minimum Gasteiger partial charge on any atom is -0.497 e. The van der Waals surface area contributed by atoms with Crippen molar-refractivity contribution in [2.75, 3.05) is 12.4 Å². The summed E-state index contributed by atoms with van der Waals surface area (Å²) in [5.74, 6) is 0.753. The largest absolute Gasteiger partial charge is 0.497 e. The van der Waals surface area contributed by atoms with Gasteiger partial charge in [0.15, 0.2) is 5.13 Å². The number of methoxy groups -OCH3 is 1. The molecule has 2 N–H and O–H groups in total. The van der Waals surface area contributed by atoms with Crippen LogP contribution in [0.5, 0.6) is 5.75 Å². The van der Waals surface area contributed by atoms with Gasteiger partial charge in [0.2, 0.25) is 5.91 Å². The highest BCUT2D eigenvalue weighted by Gasteiger charge is 2.08. The second-order valence-electron chi connectivity index (χ2n) is 5.44. The van der Waals surface area contributed by atoms with E-state index in [1.165, 1.54) is 11.3 Å². The molecule has 3 rings (SSSR count). The van der Waals surface area contributed by atoms with Crippen LogP contribution in [0.25, 0.3) is 0 Å². The normalized spacial score (nSPS) is 10.3. The number of para-hydroxylation sites is 1. The number of ether oxygens (including phenoxy) is 1. The third-order valence-electron chi connectivity index (χ3n) is 3.57. The number of nitrogens with one attached hydrogen (secondary N) is 2. The summed E-state index contributed by atoms with van der Waals surface area (Å²) in [6.45, 7) is 0.488. The molecule has 0 fully saturated rings. The van der Waals surface area contributed by atoms with Crippen molar-refractivity contribution in [3.05, 3.63) is 71.2 Å². The summed E-state index contributed by atoms with van der Waals surface area (Å²) in [6, 6.07) is 17.5. The molecule has 25 heavy (non-hydrogen) atoms. The number of amides is 1. The van der Waals surface area contributed by atoms with Gasteiger partial charge in [-0.15, -0.1) is 11.3 Å². The van der Waals surface area contributed by atoms with Crippen LogP contribution in [0.4, 0.5) is 10.8 Å². The zero-order valence-corrected chi connectivity index (χ0v) is 14.7. The third-order valence-corrected chi connectivity index (χ3v) is 4.37. The summed E-state index contributed by atoms with van der Waals surface area (Å²) in [4.78, 5) is 16.5. The molecule has 0 atom stereocenters. The van der Waals surface area contributed by atoms with Gasteiger partial charge < -0.3 is 15.4 Å². The Bertz CT molecular complexity index is 816. The van der Waals surface area contributed by atoms with E-state index in [1.54, 1.807) is 7.11 Å². The maximum absolute atomic E-state index is 12.1. The minimum absolute atomic E-state index is 0.0487. The Hall–Kier alpha value is -2.86. The maximum atomic E-state index is 12.1. The average molecular weight is 353 g/mol. The predicted octanol–water partition coefficient (Wildman–Crippen LogP) is 3.75. The number of aromatic nitrogens is 1. The van der Waals surface area contributed by atoms with E-state index in [0.29, 0.717) is 6.54 Å². The molecule has 0 aliphatic heterocycles. The molecule has 1 aromatic heterocycles. The Morgan fingerprint density at radius 3 is 2.60 bits per heavy atom. The number of carbonyl (C=O) groups excluding carboxylic acids is 1. The van der Waals surface area contributed by atoms with Gasteiger partial charge in [-0.3, -0.25) is 4.79 Å². The monoisotopic (exact) mass is 353 g/mol. The summed E-state index contributed by atoms with van der Waals surface area (Å²) in [5.41, 5.74) is 2.77. The highest BCUT2D eigenvalue weighted by atomic mass is 32.1. The number of benzene rings is 2. The summed E-state index contributed by atoms with van der Waals surface area (Å²) in [7, 11) is 1.63. The molecule has 0 aliphatic carbocycles. The van der Waals surface area contributed by atoms with Crippen molar-refractivity contribution in [2.24, 2.45) is 0 Å². The van der Waals surface area contributed by atoms with Gasteiger partial charge in [-0.2, -0.15) is 0 Å². The van der Waals surface area contributed by atoms with Gasteiger partial charge in [0.25, 0.3) is 0 Å². The number of thiazole rings is 1. The number of nitrogens with zero attached hydrogens (tertiary/aromatic N) is 1. The van der Waals surface area contributed by atoms with Crippen molar-refractivity contribution < 1.29 is 9.53 Å². The number of anilines is 2. The first-order chi connectivity index (χ1) is 12.2. The summed E-state index contributed by atoms with van der Waals surface area (Å²) in [5, 5.41) is 8.82. The molecule has 1 heterocycles. The lowest BCUT2D eigenvalue weighted by Crippen LogP contribution is -2.24. The average Bonchev–Trinajstić information content (AvgIpc) is 3.08. The van der Waals surface area contributed by atoms with Crippen LogP contribution < -0.4 is 15.4 Å². The molecule has 0 radical (unpaired) electrons. The molecule has 3 aromatic rings. The molecule has 0 aliphatic rings. The molecule has 0 unspecified atom stereocenters. The van der Waals surface area contributed by atoms with Crippen molar-refractivity contribution >= 4 is 28.1 Å². The van der Waals surface area contributed by atoms with Gasteiger partial charge in [-0.05, 0) is 29.8 Å². The molecule has 0 saturated heterocycles. The van der Waals surface area contributed by atoms with Crippen molar-refractivity contribution in [3.63, 3.8) is 0 Å². The zero-order valence-electron chi connectivity index (χ0n) is 13.9. The topological polar surface area (TPSA) is 63.2 Å². The van der Waals surface area contributed by atoms with Crippen LogP contribution in [0.3, 0.4) is 0 Å². The molecule has 0 bridgehead atoms. The quantitative estimate of drug-likeness (QED) is 0.679. The van der Waals surface area contributed by atoms with Crippen LogP contribution in [-0.2, 0) is 17.8 Å². The smallest absolute Gasteiger partial charge is 0.226 e. The van der Waals surface area contributed by atoms with Crippen molar-refractivity contribution in [2.45, 2.75) is 13.0 Å². The summed E-state index contributed by atoms with van der Waals surface area (Å²) in [6.07, 6.45) is 0.267. The Morgan fingerprint density at radius 1 is 1.12 bits per heavy atom. The van der Waals surface area contributed by atoms with E-state index in [0.717, 1.165) is 27.8 Å². The van der Waals surface area contributed by atoms with E-state index in [9.17, 15) is 4.79 Å². The molecular weight excluding hydrogens is 334 g/mol. The van der Waals surface area contributed by atoms with E-state index in [2.05, 4.69) is 15.6 Å². The number of hydrogen-bond donors (Lipinski definition) is 2. The fraction of sp³-hybridized carbons (Fsp3) is 0.158. The van der Waals surface area contributed by atoms with Gasteiger partial charge in [0, 0.05) is 17.6 Å². The van der Waals surface area contributed by atoms with Crippen LogP contribution >= 0.6 is 11.3 Å². The van der Waals surface area contributed by atoms with Crippen molar-refractivity contribution in [1.82, 2.24) is 10.3 Å². The fourth-order valence-corrected chi connectivity index (χ4v) is 2.99. The van der Waals surface area contributed by atoms with E-state index in [1.807, 2.05) is 60.0 Å². The van der Waals surface area contributed by atoms with Crippen LogP contribution in [0, 0.1) is 0 Å². The molecule has 0 saturated carbocycles. The lowest BCUT2D eigenvalue weighted by molar-refractivity contribution is -0.120. The van der Waals surface area contributed by atoms with Crippen LogP contribution in [-0.4, -0.2) is 18.0 Å². The van der Waals surface area contributed by atoms with E-state index < -0.39 is 0 Å². The molecule has 2 aromatic carbocycles. The van der Waals surface area contributed by atoms with Gasteiger partial charge in [0.05, 0.1) is 19.2 Å². The first-order valence-electron chi connectivity index (χ1n) is 7.89. The number of carbonyl (C=O) groups is 1. The van der Waals surface area contributed by atoms with Crippen molar-refractivity contribution in [1.29, 1.82) is 0 Å². The molecule has 5 nitrogen and oxygen atoms in total. The predicted molar refractivity (Wildman–Crippen MR) is 100 cm³/mol. The fourth-order valence-electron chi connectivity index (χ4n) is 2.26. The number of rotatable bonds is 7. The van der Waals surface area contributed by atoms with Crippen LogP contribution in [0.2, 0.25) is 0 Å². The Morgan fingerprint density at radius 2 is 1.88 bits per heavy atom. The van der Waals surface area contributed by atoms with Gasteiger partial charge in [-0.25, -0.2) is 4.98 Å². The Kier molecular flexibility index (Phi) is 5.64. The second-order valence-corrected chi connectivity index (χ2v) is 6.29. The second kappa shape index (κ2) is 8.30.